The summed E-state index contributed by atoms with van der Waals surface area (Å²) in [7, 11) is 1.75. The molecule has 1 aromatic carbocycles. The van der Waals surface area contributed by atoms with Gasteiger partial charge in [-0.3, -0.25) is 9.78 Å². The summed E-state index contributed by atoms with van der Waals surface area (Å²) in [6, 6.07) is 7.97. The monoisotopic (exact) mass is 259 g/mol. The second-order valence-corrected chi connectivity index (χ2v) is 4.12. The highest BCUT2D eigenvalue weighted by atomic mass is 19.1. The van der Waals surface area contributed by atoms with Crippen LogP contribution in [0.3, 0.4) is 0 Å². The number of rotatable bonds is 3. The number of carbonyl (C=O) groups excluding carboxylic acids is 1. The van der Waals surface area contributed by atoms with Crippen LogP contribution in [0.15, 0.2) is 36.5 Å². The van der Waals surface area contributed by atoms with Crippen molar-refractivity contribution in [3.8, 4) is 0 Å². The third-order valence-electron chi connectivity index (χ3n) is 2.65. The molecule has 4 nitrogen and oxygen atoms in total. The molecule has 0 saturated carbocycles. The number of carbonyl (C=O) groups is 1. The van der Waals surface area contributed by atoms with E-state index in [0.717, 1.165) is 11.3 Å². The summed E-state index contributed by atoms with van der Waals surface area (Å²) in [5, 5.41) is 5.41. The Bertz CT molecular complexity index is 613. The topological polar surface area (TPSA) is 54.0 Å². The molecule has 2 aromatic rings. The van der Waals surface area contributed by atoms with Crippen molar-refractivity contribution in [3.05, 3.63) is 53.6 Å². The summed E-state index contributed by atoms with van der Waals surface area (Å²) >= 11 is 0. The Morgan fingerprint density at radius 2 is 2.05 bits per heavy atom. The Balaban J connectivity index is 2.20. The normalized spacial score (nSPS) is 10.1. The Hall–Kier alpha value is -2.43. The predicted octanol–water partition coefficient (Wildman–Crippen LogP) is 2.82. The van der Waals surface area contributed by atoms with Crippen LogP contribution in [0.25, 0.3) is 0 Å². The first-order valence-corrected chi connectivity index (χ1v) is 5.81. The van der Waals surface area contributed by atoms with Crippen molar-refractivity contribution >= 4 is 17.3 Å². The number of amides is 1. The first kappa shape index (κ1) is 13.0. The number of benzene rings is 1. The molecule has 19 heavy (non-hydrogen) atoms. The molecule has 0 aliphatic rings. The van der Waals surface area contributed by atoms with Gasteiger partial charge in [0.05, 0.1) is 5.69 Å². The van der Waals surface area contributed by atoms with E-state index in [2.05, 4.69) is 15.6 Å². The molecule has 1 aromatic heterocycles. The quantitative estimate of drug-likeness (QED) is 0.891. The molecule has 5 heteroatoms. The number of pyridine rings is 1. The van der Waals surface area contributed by atoms with Crippen molar-refractivity contribution in [2.45, 2.75) is 6.92 Å². The van der Waals surface area contributed by atoms with Crippen molar-refractivity contribution in [1.29, 1.82) is 0 Å². The Morgan fingerprint density at radius 1 is 1.26 bits per heavy atom. The van der Waals surface area contributed by atoms with Gasteiger partial charge in [-0.25, -0.2) is 4.39 Å². The molecule has 1 heterocycles. The number of nitrogens with zero attached hydrogens (tertiary/aromatic N) is 1. The smallest absolute Gasteiger partial charge is 0.274 e. The fourth-order valence-corrected chi connectivity index (χ4v) is 1.62. The van der Waals surface area contributed by atoms with Crippen molar-refractivity contribution in [1.82, 2.24) is 4.98 Å². The fourth-order valence-electron chi connectivity index (χ4n) is 1.62. The van der Waals surface area contributed by atoms with Gasteiger partial charge in [-0.1, -0.05) is 6.07 Å². The van der Waals surface area contributed by atoms with E-state index < -0.39 is 11.7 Å². The largest absolute Gasteiger partial charge is 0.388 e. The number of hydrogen-bond acceptors (Lipinski definition) is 3. The molecule has 0 spiro atoms. The molecule has 1 amide bonds. The first-order chi connectivity index (χ1) is 9.10. The maximum Gasteiger partial charge on any atom is 0.274 e. The molecule has 0 aliphatic heterocycles. The predicted molar refractivity (Wildman–Crippen MR) is 72.9 cm³/mol. The molecule has 0 bridgehead atoms. The number of halogens is 1. The second-order valence-electron chi connectivity index (χ2n) is 4.12. The average Bonchev–Trinajstić information content (AvgIpc) is 2.42. The van der Waals surface area contributed by atoms with Crippen LogP contribution in [-0.2, 0) is 0 Å². The summed E-state index contributed by atoms with van der Waals surface area (Å²) in [6.07, 6.45) is 1.52. The van der Waals surface area contributed by atoms with Crippen LogP contribution < -0.4 is 10.6 Å². The van der Waals surface area contributed by atoms with Crippen molar-refractivity contribution in [2.24, 2.45) is 0 Å². The summed E-state index contributed by atoms with van der Waals surface area (Å²) in [4.78, 5) is 15.9. The minimum Gasteiger partial charge on any atom is -0.388 e. The van der Waals surface area contributed by atoms with E-state index in [0.29, 0.717) is 0 Å². The zero-order valence-electron chi connectivity index (χ0n) is 10.7. The summed E-state index contributed by atoms with van der Waals surface area (Å²) in [5.74, 6) is -0.905. The molecule has 2 N–H and O–H groups in total. The van der Waals surface area contributed by atoms with Crippen LogP contribution in [0.1, 0.15) is 16.1 Å². The van der Waals surface area contributed by atoms with Crippen molar-refractivity contribution in [2.75, 3.05) is 17.7 Å². The molecule has 0 unspecified atom stereocenters. The van der Waals surface area contributed by atoms with Gasteiger partial charge < -0.3 is 10.6 Å². The third-order valence-corrected chi connectivity index (χ3v) is 2.65. The highest BCUT2D eigenvalue weighted by molar-refractivity contribution is 6.03. The van der Waals surface area contributed by atoms with Gasteiger partial charge in [0.2, 0.25) is 0 Å². The van der Waals surface area contributed by atoms with E-state index in [1.54, 1.807) is 32.2 Å². The summed E-state index contributed by atoms with van der Waals surface area (Å²) < 4.78 is 13.6. The van der Waals surface area contributed by atoms with Gasteiger partial charge in [0.15, 0.2) is 0 Å². The lowest BCUT2D eigenvalue weighted by Crippen LogP contribution is -2.14. The number of anilines is 2. The van der Waals surface area contributed by atoms with Crippen molar-refractivity contribution < 1.29 is 9.18 Å². The lowest BCUT2D eigenvalue weighted by atomic mass is 10.2. The van der Waals surface area contributed by atoms with Crippen LogP contribution in [0.5, 0.6) is 0 Å². The van der Waals surface area contributed by atoms with Gasteiger partial charge in [-0.15, -0.1) is 0 Å². The molecule has 0 aliphatic carbocycles. The number of nitrogens with one attached hydrogen (secondary N) is 2. The summed E-state index contributed by atoms with van der Waals surface area (Å²) in [5.41, 5.74) is 1.94. The Labute approximate surface area is 110 Å². The minimum absolute atomic E-state index is 0.146. The summed E-state index contributed by atoms with van der Waals surface area (Å²) in [6.45, 7) is 1.78. The fraction of sp³-hybridized carbons (Fsp3) is 0.143. The van der Waals surface area contributed by atoms with Crippen LogP contribution >= 0.6 is 0 Å². The van der Waals surface area contributed by atoms with Crippen LogP contribution in [-0.4, -0.2) is 17.9 Å². The highest BCUT2D eigenvalue weighted by Crippen LogP contribution is 2.16. The molecular formula is C14H14FN3O. The van der Waals surface area contributed by atoms with Crippen LogP contribution in [0.2, 0.25) is 0 Å². The lowest BCUT2D eigenvalue weighted by Gasteiger charge is -2.07. The minimum atomic E-state index is -0.460. The van der Waals surface area contributed by atoms with E-state index in [1.807, 2.05) is 0 Å². The maximum atomic E-state index is 13.6. The van der Waals surface area contributed by atoms with Gasteiger partial charge in [-0.05, 0) is 36.8 Å². The van der Waals surface area contributed by atoms with Gasteiger partial charge in [0.25, 0.3) is 5.91 Å². The molecule has 2 rings (SSSR count). The SMILES string of the molecule is CNc1ccnc(C(=O)Nc2ccc(C)cc2F)c1. The average molecular weight is 259 g/mol. The van der Waals surface area contributed by atoms with E-state index >= 15 is 0 Å². The van der Waals surface area contributed by atoms with Gasteiger partial charge in [0, 0.05) is 18.9 Å². The zero-order valence-corrected chi connectivity index (χ0v) is 10.7. The highest BCUT2D eigenvalue weighted by Gasteiger charge is 2.11. The first-order valence-electron chi connectivity index (χ1n) is 5.81. The molecule has 0 radical (unpaired) electrons. The van der Waals surface area contributed by atoms with Crippen LogP contribution in [0.4, 0.5) is 15.8 Å². The third kappa shape index (κ3) is 3.07. The van der Waals surface area contributed by atoms with Gasteiger partial charge >= 0.3 is 0 Å². The van der Waals surface area contributed by atoms with Crippen LogP contribution in [0, 0.1) is 12.7 Å². The van der Waals surface area contributed by atoms with E-state index in [9.17, 15) is 9.18 Å². The van der Waals surface area contributed by atoms with Gasteiger partial charge in [-0.2, -0.15) is 0 Å². The van der Waals surface area contributed by atoms with Gasteiger partial charge in [0.1, 0.15) is 11.5 Å². The zero-order chi connectivity index (χ0) is 13.8. The lowest BCUT2D eigenvalue weighted by molar-refractivity contribution is 0.102. The van der Waals surface area contributed by atoms with E-state index in [4.69, 9.17) is 0 Å². The van der Waals surface area contributed by atoms with E-state index in [1.165, 1.54) is 18.3 Å². The standard InChI is InChI=1S/C14H14FN3O/c1-9-3-4-12(11(15)7-9)18-14(19)13-8-10(16-2)5-6-17-13/h3-8H,1-2H3,(H,16,17)(H,18,19). The molecule has 98 valence electrons. The molecule has 0 saturated heterocycles. The molecule has 0 fully saturated rings. The molecule has 0 atom stereocenters. The number of aryl methyl sites for hydroxylation is 1. The van der Waals surface area contributed by atoms with Crippen molar-refractivity contribution in [3.63, 3.8) is 0 Å². The molecular weight excluding hydrogens is 245 g/mol. The number of aromatic nitrogens is 1. The Kier molecular flexibility index (Phi) is 3.75. The van der Waals surface area contributed by atoms with E-state index in [-0.39, 0.29) is 11.4 Å². The number of hydrogen-bond donors (Lipinski definition) is 2. The maximum absolute atomic E-state index is 13.6. The Morgan fingerprint density at radius 3 is 2.74 bits per heavy atom. The second kappa shape index (κ2) is 5.48.